The zero-order chi connectivity index (χ0) is 19.4. The maximum absolute atomic E-state index is 12.5. The molecule has 27 heavy (non-hydrogen) atoms. The maximum Gasteiger partial charge on any atom is 0.341 e. The van der Waals surface area contributed by atoms with E-state index in [-0.39, 0.29) is 11.9 Å². The van der Waals surface area contributed by atoms with Crippen molar-refractivity contribution < 1.29 is 14.3 Å². The Balaban J connectivity index is 1.84. The summed E-state index contributed by atoms with van der Waals surface area (Å²) in [4.78, 5) is 28.2. The van der Waals surface area contributed by atoms with Crippen molar-refractivity contribution in [1.29, 1.82) is 0 Å². The van der Waals surface area contributed by atoms with Gasteiger partial charge in [0.2, 0.25) is 5.91 Å². The lowest BCUT2D eigenvalue weighted by Crippen LogP contribution is -2.26. The molecule has 1 amide bonds. The minimum absolute atomic E-state index is 0.295. The standard InChI is InChI=1S/C20H21ClN2O3S/c1-3-26-20(25)18-14-10-11-23(2)12-16(14)27-19(18)22-17(24)9-8-13-6-4-5-7-15(13)21/h4-9H,3,10-12H2,1-2H3,(H,22,24)/b9-8-. The van der Waals surface area contributed by atoms with Gasteiger partial charge in [0.15, 0.2) is 0 Å². The van der Waals surface area contributed by atoms with Gasteiger partial charge in [0, 0.05) is 29.1 Å². The first-order valence-electron chi connectivity index (χ1n) is 8.73. The number of carbonyl (C=O) groups excluding carboxylic acids is 2. The second-order valence-corrected chi connectivity index (χ2v) is 7.77. The largest absolute Gasteiger partial charge is 0.462 e. The first-order chi connectivity index (χ1) is 13.0. The van der Waals surface area contributed by atoms with E-state index in [0.717, 1.165) is 35.5 Å². The lowest BCUT2D eigenvalue weighted by molar-refractivity contribution is -0.111. The molecule has 0 radical (unpaired) electrons. The Bertz CT molecular complexity index is 891. The lowest BCUT2D eigenvalue weighted by Gasteiger charge is -2.22. The molecule has 3 rings (SSSR count). The molecule has 0 saturated heterocycles. The molecule has 7 heteroatoms. The monoisotopic (exact) mass is 404 g/mol. The molecule has 0 spiro atoms. The van der Waals surface area contributed by atoms with Crippen molar-refractivity contribution in [3.63, 3.8) is 0 Å². The number of rotatable bonds is 5. The molecule has 0 atom stereocenters. The molecule has 1 aliphatic rings. The molecular weight excluding hydrogens is 384 g/mol. The van der Waals surface area contributed by atoms with E-state index in [9.17, 15) is 9.59 Å². The van der Waals surface area contributed by atoms with Crippen molar-refractivity contribution in [2.75, 3.05) is 25.5 Å². The second kappa shape index (κ2) is 8.69. The van der Waals surface area contributed by atoms with E-state index in [1.54, 1.807) is 19.1 Å². The van der Waals surface area contributed by atoms with Gasteiger partial charge in [-0.05, 0) is 43.7 Å². The minimum atomic E-state index is -0.384. The number of likely N-dealkylation sites (N-methyl/N-ethyl adjacent to an activating group) is 1. The van der Waals surface area contributed by atoms with Gasteiger partial charge in [0.05, 0.1) is 12.2 Å². The summed E-state index contributed by atoms with van der Waals surface area (Å²) < 4.78 is 5.21. The quantitative estimate of drug-likeness (QED) is 0.598. The number of fused-ring (bicyclic) bond motifs is 1. The molecule has 142 valence electrons. The van der Waals surface area contributed by atoms with Crippen LogP contribution in [-0.4, -0.2) is 37.0 Å². The molecule has 0 fully saturated rings. The number of amides is 1. The number of carbonyl (C=O) groups is 2. The molecule has 1 aliphatic heterocycles. The average Bonchev–Trinajstić information content (AvgIpc) is 2.98. The molecule has 0 unspecified atom stereocenters. The minimum Gasteiger partial charge on any atom is -0.462 e. The fourth-order valence-electron chi connectivity index (χ4n) is 2.97. The molecule has 1 aromatic heterocycles. The summed E-state index contributed by atoms with van der Waals surface area (Å²) in [7, 11) is 2.04. The van der Waals surface area contributed by atoms with E-state index < -0.39 is 0 Å². The highest BCUT2D eigenvalue weighted by Gasteiger charge is 2.28. The lowest BCUT2D eigenvalue weighted by atomic mass is 10.0. The molecule has 0 bridgehead atoms. The summed E-state index contributed by atoms with van der Waals surface area (Å²) in [6, 6.07) is 7.28. The topological polar surface area (TPSA) is 58.6 Å². The molecule has 5 nitrogen and oxygen atoms in total. The van der Waals surface area contributed by atoms with Crippen LogP contribution in [0.3, 0.4) is 0 Å². The number of anilines is 1. The van der Waals surface area contributed by atoms with Crippen LogP contribution in [0.1, 0.15) is 33.3 Å². The number of hydrogen-bond donors (Lipinski definition) is 1. The number of hydrogen-bond acceptors (Lipinski definition) is 5. The molecule has 1 aromatic carbocycles. The Morgan fingerprint density at radius 2 is 2.15 bits per heavy atom. The number of nitrogens with zero attached hydrogens (tertiary/aromatic N) is 1. The Morgan fingerprint density at radius 3 is 2.89 bits per heavy atom. The van der Waals surface area contributed by atoms with Crippen LogP contribution < -0.4 is 5.32 Å². The van der Waals surface area contributed by atoms with Crippen LogP contribution in [0.5, 0.6) is 0 Å². The molecule has 2 aromatic rings. The summed E-state index contributed by atoms with van der Waals surface area (Å²) in [6.07, 6.45) is 3.84. The van der Waals surface area contributed by atoms with Gasteiger partial charge >= 0.3 is 5.97 Å². The predicted molar refractivity (Wildman–Crippen MR) is 109 cm³/mol. The van der Waals surface area contributed by atoms with E-state index in [4.69, 9.17) is 16.3 Å². The van der Waals surface area contributed by atoms with E-state index >= 15 is 0 Å². The third-order valence-electron chi connectivity index (χ3n) is 4.28. The maximum atomic E-state index is 12.5. The summed E-state index contributed by atoms with van der Waals surface area (Å²) in [5, 5.41) is 3.96. The fraction of sp³-hybridized carbons (Fsp3) is 0.300. The van der Waals surface area contributed by atoms with Crippen molar-refractivity contribution in [2.45, 2.75) is 19.9 Å². The average molecular weight is 405 g/mol. The number of benzene rings is 1. The molecular formula is C20H21ClN2O3S. The van der Waals surface area contributed by atoms with E-state index in [2.05, 4.69) is 10.2 Å². The highest BCUT2D eigenvalue weighted by atomic mass is 35.5. The highest BCUT2D eigenvalue weighted by molar-refractivity contribution is 7.17. The smallest absolute Gasteiger partial charge is 0.341 e. The van der Waals surface area contributed by atoms with E-state index in [0.29, 0.717) is 22.2 Å². The molecule has 2 heterocycles. The fourth-order valence-corrected chi connectivity index (χ4v) is 4.49. The van der Waals surface area contributed by atoms with Crippen molar-refractivity contribution in [1.82, 2.24) is 4.90 Å². The molecule has 0 saturated carbocycles. The summed E-state index contributed by atoms with van der Waals surface area (Å²) in [6.45, 7) is 3.70. The third-order valence-corrected chi connectivity index (χ3v) is 5.76. The number of nitrogens with one attached hydrogen (secondary N) is 1. The number of esters is 1. The second-order valence-electron chi connectivity index (χ2n) is 6.26. The Morgan fingerprint density at radius 1 is 1.37 bits per heavy atom. The van der Waals surface area contributed by atoms with Crippen LogP contribution in [0, 0.1) is 0 Å². The van der Waals surface area contributed by atoms with Gasteiger partial charge in [-0.1, -0.05) is 29.8 Å². The van der Waals surface area contributed by atoms with Crippen molar-refractivity contribution in [2.24, 2.45) is 0 Å². The van der Waals surface area contributed by atoms with Crippen LogP contribution in [0.25, 0.3) is 6.08 Å². The zero-order valence-corrected chi connectivity index (χ0v) is 16.8. The number of halogens is 1. The summed E-state index contributed by atoms with van der Waals surface area (Å²) in [5.41, 5.74) is 2.23. The van der Waals surface area contributed by atoms with Gasteiger partial charge in [-0.3, -0.25) is 4.79 Å². The Labute approximate surface area is 167 Å². The number of ether oxygens (including phenoxy) is 1. The highest BCUT2D eigenvalue weighted by Crippen LogP contribution is 2.37. The Kier molecular flexibility index (Phi) is 6.31. The van der Waals surface area contributed by atoms with Gasteiger partial charge < -0.3 is 15.0 Å². The van der Waals surface area contributed by atoms with Gasteiger partial charge in [0.1, 0.15) is 5.00 Å². The van der Waals surface area contributed by atoms with Gasteiger partial charge in [-0.15, -0.1) is 11.3 Å². The summed E-state index contributed by atoms with van der Waals surface area (Å²) >= 11 is 7.54. The number of thiophene rings is 1. The van der Waals surface area contributed by atoms with Gasteiger partial charge in [-0.2, -0.15) is 0 Å². The predicted octanol–water partition coefficient (Wildman–Crippen LogP) is 4.22. The van der Waals surface area contributed by atoms with Crippen LogP contribution in [0.2, 0.25) is 5.02 Å². The molecule has 0 aliphatic carbocycles. The van der Waals surface area contributed by atoms with Crippen LogP contribution in [0.15, 0.2) is 30.3 Å². The SMILES string of the molecule is CCOC(=O)c1c(NC(=O)/C=C\c2ccccc2Cl)sc2c1CCN(C)C2. The van der Waals surface area contributed by atoms with Gasteiger partial charge in [-0.25, -0.2) is 4.79 Å². The molecule has 1 N–H and O–H groups in total. The third kappa shape index (κ3) is 4.58. The normalized spacial score (nSPS) is 14.2. The van der Waals surface area contributed by atoms with E-state index in [1.807, 2.05) is 25.2 Å². The van der Waals surface area contributed by atoms with Crippen molar-refractivity contribution in [3.05, 3.63) is 56.9 Å². The van der Waals surface area contributed by atoms with Crippen LogP contribution >= 0.6 is 22.9 Å². The zero-order valence-electron chi connectivity index (χ0n) is 15.3. The Hall–Kier alpha value is -2.15. The van der Waals surface area contributed by atoms with Crippen molar-refractivity contribution in [3.8, 4) is 0 Å². The van der Waals surface area contributed by atoms with Crippen LogP contribution in [-0.2, 0) is 22.5 Å². The van der Waals surface area contributed by atoms with Gasteiger partial charge in [0.25, 0.3) is 0 Å². The first kappa shape index (κ1) is 19.6. The van der Waals surface area contributed by atoms with Crippen LogP contribution in [0.4, 0.5) is 5.00 Å². The van der Waals surface area contributed by atoms with E-state index in [1.165, 1.54) is 17.4 Å². The first-order valence-corrected chi connectivity index (χ1v) is 9.92. The summed E-state index contributed by atoms with van der Waals surface area (Å²) in [5.74, 6) is -0.697. The van der Waals surface area contributed by atoms with Crippen molar-refractivity contribution >= 4 is 45.9 Å².